The average Bonchev–Trinajstić information content (AvgIpc) is 3.31. The first kappa shape index (κ1) is 16.9. The predicted molar refractivity (Wildman–Crippen MR) is 103 cm³/mol. The number of hydrogen-bond donors (Lipinski definition) is 0. The Kier molecular flexibility index (Phi) is 4.48. The van der Waals surface area contributed by atoms with Gasteiger partial charge in [0.05, 0.1) is 16.1 Å². The Morgan fingerprint density at radius 1 is 1.24 bits per heavy atom. The van der Waals surface area contributed by atoms with Gasteiger partial charge in [-0.2, -0.15) is 0 Å². The maximum atomic E-state index is 11.0. The summed E-state index contributed by atoms with van der Waals surface area (Å²) in [6.45, 7) is 1.79. The fraction of sp³-hybridized carbons (Fsp3) is 0.632. The molecule has 25 heavy (non-hydrogen) atoms. The van der Waals surface area contributed by atoms with Gasteiger partial charge in [-0.05, 0) is 44.7 Å². The summed E-state index contributed by atoms with van der Waals surface area (Å²) in [5.74, 6) is 1.15. The van der Waals surface area contributed by atoms with Crippen LogP contribution in [0.2, 0.25) is 0 Å². The molecule has 1 spiro atoms. The van der Waals surface area contributed by atoms with Crippen molar-refractivity contribution in [2.75, 3.05) is 5.75 Å². The summed E-state index contributed by atoms with van der Waals surface area (Å²) < 4.78 is 0. The van der Waals surface area contributed by atoms with Gasteiger partial charge in [0.25, 0.3) is 5.69 Å². The van der Waals surface area contributed by atoms with E-state index in [4.69, 9.17) is 4.99 Å². The highest BCUT2D eigenvalue weighted by atomic mass is 32.2. The predicted octanol–water partition coefficient (Wildman–Crippen LogP) is 5.19. The molecule has 4 rings (SSSR count). The lowest BCUT2D eigenvalue weighted by Gasteiger charge is -2.40. The standard InChI is InChI=1S/C19H25N3O2S/c1-14-12-15(8-9-17(14)22(23)24)20-18-21(16-6-2-3-7-16)19(13-25-18)10-4-5-11-19/h8-9,12,16H,2-7,10-11,13H2,1H3/b20-18+. The molecule has 1 saturated heterocycles. The maximum Gasteiger partial charge on any atom is 0.272 e. The van der Waals surface area contributed by atoms with Crippen LogP contribution in [0.25, 0.3) is 0 Å². The van der Waals surface area contributed by atoms with Gasteiger partial charge in [-0.1, -0.05) is 37.4 Å². The smallest absolute Gasteiger partial charge is 0.272 e. The summed E-state index contributed by atoms with van der Waals surface area (Å²) in [6, 6.07) is 5.84. The van der Waals surface area contributed by atoms with Crippen LogP contribution in [0.15, 0.2) is 23.2 Å². The minimum Gasteiger partial charge on any atom is -0.342 e. The monoisotopic (exact) mass is 359 g/mol. The van der Waals surface area contributed by atoms with Crippen LogP contribution in [0.4, 0.5) is 11.4 Å². The Balaban J connectivity index is 1.67. The van der Waals surface area contributed by atoms with E-state index in [9.17, 15) is 10.1 Å². The second-order valence-electron chi connectivity index (χ2n) is 7.65. The number of rotatable bonds is 3. The van der Waals surface area contributed by atoms with E-state index < -0.39 is 0 Å². The molecule has 3 fully saturated rings. The van der Waals surface area contributed by atoms with Crippen molar-refractivity contribution >= 4 is 28.3 Å². The van der Waals surface area contributed by atoms with Gasteiger partial charge in [-0.25, -0.2) is 4.99 Å². The molecule has 6 heteroatoms. The van der Waals surface area contributed by atoms with Crippen LogP contribution in [0.5, 0.6) is 0 Å². The molecule has 2 saturated carbocycles. The third kappa shape index (κ3) is 3.05. The second kappa shape index (κ2) is 6.63. The van der Waals surface area contributed by atoms with Crippen LogP contribution >= 0.6 is 11.8 Å². The van der Waals surface area contributed by atoms with E-state index in [0.717, 1.165) is 16.6 Å². The molecular formula is C19H25N3O2S. The van der Waals surface area contributed by atoms with Gasteiger partial charge in [0.15, 0.2) is 5.17 Å². The van der Waals surface area contributed by atoms with Crippen molar-refractivity contribution < 1.29 is 4.92 Å². The van der Waals surface area contributed by atoms with Crippen molar-refractivity contribution in [3.05, 3.63) is 33.9 Å². The highest BCUT2D eigenvalue weighted by Gasteiger charge is 2.49. The summed E-state index contributed by atoms with van der Waals surface area (Å²) in [5.41, 5.74) is 2.00. The summed E-state index contributed by atoms with van der Waals surface area (Å²) in [6.07, 6.45) is 10.4. The molecule has 0 bridgehead atoms. The summed E-state index contributed by atoms with van der Waals surface area (Å²) in [5, 5.41) is 12.2. The SMILES string of the molecule is Cc1cc(/N=C2/SCC3(CCCC3)N2C2CCCC2)ccc1[N+](=O)[O-]. The number of nitro groups is 1. The van der Waals surface area contributed by atoms with Crippen molar-refractivity contribution in [2.45, 2.75) is 69.9 Å². The van der Waals surface area contributed by atoms with E-state index in [0.29, 0.717) is 17.1 Å². The molecular weight excluding hydrogens is 334 g/mol. The molecule has 0 aromatic heterocycles. The van der Waals surface area contributed by atoms with E-state index in [1.807, 2.05) is 17.8 Å². The van der Waals surface area contributed by atoms with Crippen molar-refractivity contribution in [1.29, 1.82) is 0 Å². The molecule has 1 heterocycles. The van der Waals surface area contributed by atoms with Gasteiger partial charge in [0.2, 0.25) is 0 Å². The minimum atomic E-state index is -0.324. The Hall–Kier alpha value is -1.56. The molecule has 1 aromatic carbocycles. The molecule has 1 aromatic rings. The number of aryl methyl sites for hydroxylation is 1. The van der Waals surface area contributed by atoms with Crippen molar-refractivity contribution in [3.63, 3.8) is 0 Å². The first-order chi connectivity index (χ1) is 12.1. The Labute approximate surface area is 153 Å². The van der Waals surface area contributed by atoms with E-state index in [1.165, 1.54) is 51.4 Å². The van der Waals surface area contributed by atoms with E-state index >= 15 is 0 Å². The highest BCUT2D eigenvalue weighted by molar-refractivity contribution is 8.14. The number of benzene rings is 1. The summed E-state index contributed by atoms with van der Waals surface area (Å²) in [4.78, 5) is 18.3. The van der Waals surface area contributed by atoms with Crippen LogP contribution < -0.4 is 0 Å². The number of thioether (sulfide) groups is 1. The van der Waals surface area contributed by atoms with E-state index in [-0.39, 0.29) is 10.6 Å². The van der Waals surface area contributed by atoms with Crippen molar-refractivity contribution in [1.82, 2.24) is 4.90 Å². The topological polar surface area (TPSA) is 58.7 Å². The lowest BCUT2D eigenvalue weighted by Crippen LogP contribution is -2.50. The fourth-order valence-electron chi connectivity index (χ4n) is 4.78. The van der Waals surface area contributed by atoms with Crippen molar-refractivity contribution in [2.24, 2.45) is 4.99 Å². The number of amidine groups is 1. The quantitative estimate of drug-likeness (QED) is 0.550. The van der Waals surface area contributed by atoms with E-state index in [2.05, 4.69) is 4.90 Å². The fourth-order valence-corrected chi connectivity index (χ4v) is 6.25. The van der Waals surface area contributed by atoms with Crippen LogP contribution in [0.1, 0.15) is 56.9 Å². The van der Waals surface area contributed by atoms with Crippen LogP contribution in [-0.2, 0) is 0 Å². The molecule has 0 unspecified atom stereocenters. The molecule has 5 nitrogen and oxygen atoms in total. The Morgan fingerprint density at radius 2 is 1.96 bits per heavy atom. The minimum absolute atomic E-state index is 0.169. The van der Waals surface area contributed by atoms with E-state index in [1.54, 1.807) is 19.1 Å². The molecule has 0 N–H and O–H groups in total. The van der Waals surface area contributed by atoms with Gasteiger partial charge >= 0.3 is 0 Å². The normalized spacial score (nSPS) is 24.7. The Bertz CT molecular complexity index is 707. The lowest BCUT2D eigenvalue weighted by atomic mass is 9.95. The highest BCUT2D eigenvalue weighted by Crippen LogP contribution is 2.48. The zero-order valence-electron chi connectivity index (χ0n) is 14.7. The first-order valence-corrected chi connectivity index (χ1v) is 10.3. The number of aliphatic imine (C=N–C) groups is 1. The molecule has 3 aliphatic rings. The molecule has 134 valence electrons. The first-order valence-electron chi connectivity index (χ1n) is 9.35. The molecule has 0 atom stereocenters. The van der Waals surface area contributed by atoms with Crippen LogP contribution in [0.3, 0.4) is 0 Å². The molecule has 0 radical (unpaired) electrons. The largest absolute Gasteiger partial charge is 0.342 e. The van der Waals surface area contributed by atoms with Gasteiger partial charge in [0.1, 0.15) is 0 Å². The molecule has 2 aliphatic carbocycles. The zero-order valence-corrected chi connectivity index (χ0v) is 15.6. The number of nitro benzene ring substituents is 1. The van der Waals surface area contributed by atoms with Gasteiger partial charge in [-0.3, -0.25) is 10.1 Å². The zero-order chi connectivity index (χ0) is 17.4. The van der Waals surface area contributed by atoms with Crippen molar-refractivity contribution in [3.8, 4) is 0 Å². The maximum absolute atomic E-state index is 11.0. The average molecular weight is 359 g/mol. The summed E-state index contributed by atoms with van der Waals surface area (Å²) >= 11 is 1.89. The molecule has 0 amide bonds. The summed E-state index contributed by atoms with van der Waals surface area (Å²) in [7, 11) is 0. The lowest BCUT2D eigenvalue weighted by molar-refractivity contribution is -0.385. The van der Waals surface area contributed by atoms with Gasteiger partial charge in [0, 0.05) is 23.4 Å². The van der Waals surface area contributed by atoms with Crippen LogP contribution in [-0.4, -0.2) is 32.3 Å². The number of nitrogens with zero attached hydrogens (tertiary/aromatic N) is 3. The van der Waals surface area contributed by atoms with Gasteiger partial charge in [-0.15, -0.1) is 0 Å². The number of hydrogen-bond acceptors (Lipinski definition) is 4. The Morgan fingerprint density at radius 3 is 2.60 bits per heavy atom. The second-order valence-corrected chi connectivity index (χ2v) is 8.59. The van der Waals surface area contributed by atoms with Crippen LogP contribution in [0, 0.1) is 17.0 Å². The molecule has 1 aliphatic heterocycles. The third-order valence-corrected chi connectivity index (χ3v) is 7.24. The third-order valence-electron chi connectivity index (χ3n) is 6.01. The van der Waals surface area contributed by atoms with Gasteiger partial charge < -0.3 is 4.90 Å².